The lowest BCUT2D eigenvalue weighted by molar-refractivity contribution is 0.237. The molecule has 2 aromatic carbocycles. The second kappa shape index (κ2) is 7.93. The third kappa shape index (κ3) is 3.72. The molecule has 1 aliphatic rings. The van der Waals surface area contributed by atoms with Crippen LogP contribution in [0.1, 0.15) is 23.7 Å². The molecule has 2 heterocycles. The van der Waals surface area contributed by atoms with E-state index in [9.17, 15) is 0 Å². The van der Waals surface area contributed by atoms with E-state index >= 15 is 0 Å². The smallest absolute Gasteiger partial charge is 0.0777 e. The van der Waals surface area contributed by atoms with Gasteiger partial charge in [0.05, 0.1) is 27.3 Å². The molecule has 1 fully saturated rings. The number of pyridine rings is 1. The number of fused-ring (bicyclic) bond motifs is 1. The lowest BCUT2D eigenvalue weighted by Crippen LogP contribution is -2.33. The lowest BCUT2D eigenvalue weighted by Gasteiger charge is -2.31. The maximum absolute atomic E-state index is 6.33. The summed E-state index contributed by atoms with van der Waals surface area (Å²) in [5.41, 5.74) is 3.19. The minimum Gasteiger partial charge on any atom is -0.315 e. The van der Waals surface area contributed by atoms with Crippen molar-refractivity contribution in [3.8, 4) is 0 Å². The average molecular weight is 386 g/mol. The molecule has 5 heteroatoms. The van der Waals surface area contributed by atoms with Crippen LogP contribution in [0.15, 0.2) is 54.6 Å². The van der Waals surface area contributed by atoms with E-state index in [1.54, 1.807) is 0 Å². The Kier molecular flexibility index (Phi) is 5.41. The van der Waals surface area contributed by atoms with Crippen LogP contribution in [0, 0.1) is 0 Å². The first-order valence-electron chi connectivity index (χ1n) is 8.98. The minimum atomic E-state index is 0.0641. The van der Waals surface area contributed by atoms with Crippen molar-refractivity contribution in [3.05, 3.63) is 75.9 Å². The summed E-state index contributed by atoms with van der Waals surface area (Å²) in [7, 11) is 0. The zero-order chi connectivity index (χ0) is 17.9. The highest BCUT2D eigenvalue weighted by Crippen LogP contribution is 2.33. The summed E-state index contributed by atoms with van der Waals surface area (Å²) in [6.45, 7) is 4.02. The van der Waals surface area contributed by atoms with Crippen LogP contribution in [0.25, 0.3) is 10.9 Å². The third-order valence-corrected chi connectivity index (χ3v) is 5.64. The Bertz CT molecular complexity index is 905. The number of hydrogen-bond acceptors (Lipinski definition) is 3. The van der Waals surface area contributed by atoms with Crippen LogP contribution in [0.2, 0.25) is 10.0 Å². The molecular formula is C21H21Cl2N3. The normalized spacial score (nSPS) is 17.2. The van der Waals surface area contributed by atoms with Gasteiger partial charge in [0, 0.05) is 25.0 Å². The summed E-state index contributed by atoms with van der Waals surface area (Å²) in [6.07, 6.45) is 1.12. The van der Waals surface area contributed by atoms with E-state index in [1.807, 2.05) is 24.3 Å². The largest absolute Gasteiger partial charge is 0.315 e. The zero-order valence-electron chi connectivity index (χ0n) is 14.5. The number of benzene rings is 2. The molecule has 0 amide bonds. The van der Waals surface area contributed by atoms with E-state index in [4.69, 9.17) is 28.2 Å². The fraction of sp³-hybridized carbons (Fsp3) is 0.286. The first-order valence-corrected chi connectivity index (χ1v) is 9.73. The van der Waals surface area contributed by atoms with Crippen molar-refractivity contribution < 1.29 is 0 Å². The molecule has 1 N–H and O–H groups in total. The molecule has 1 saturated heterocycles. The monoisotopic (exact) mass is 385 g/mol. The van der Waals surface area contributed by atoms with E-state index < -0.39 is 0 Å². The number of halogens is 2. The summed E-state index contributed by atoms with van der Waals surface area (Å²) >= 11 is 12.5. The van der Waals surface area contributed by atoms with Crippen molar-refractivity contribution in [3.63, 3.8) is 0 Å². The number of para-hydroxylation sites is 1. The van der Waals surface area contributed by atoms with Gasteiger partial charge in [-0.05, 0) is 42.8 Å². The maximum Gasteiger partial charge on any atom is 0.0777 e. The predicted octanol–water partition coefficient (Wildman–Crippen LogP) is 4.93. The number of aromatic nitrogens is 1. The number of nitrogens with zero attached hydrogens (tertiary/aromatic N) is 2. The summed E-state index contributed by atoms with van der Waals surface area (Å²) in [5, 5.41) is 5.80. The molecule has 0 aliphatic carbocycles. The van der Waals surface area contributed by atoms with Gasteiger partial charge in [-0.3, -0.25) is 9.88 Å². The quantitative estimate of drug-likeness (QED) is 0.692. The Morgan fingerprint density at radius 3 is 2.69 bits per heavy atom. The summed E-state index contributed by atoms with van der Waals surface area (Å²) in [4.78, 5) is 7.45. The fourth-order valence-corrected chi connectivity index (χ4v) is 3.92. The number of hydrogen-bond donors (Lipinski definition) is 1. The molecule has 0 spiro atoms. The second-order valence-corrected chi connectivity index (χ2v) is 7.46. The van der Waals surface area contributed by atoms with Gasteiger partial charge in [0.25, 0.3) is 0 Å². The SMILES string of the molecule is Clc1ccc(C(c2ccc3ccccc3n2)N2CCCNCC2)cc1Cl. The van der Waals surface area contributed by atoms with E-state index in [-0.39, 0.29) is 6.04 Å². The first kappa shape index (κ1) is 17.7. The van der Waals surface area contributed by atoms with Crippen molar-refractivity contribution in [2.75, 3.05) is 26.2 Å². The van der Waals surface area contributed by atoms with E-state index in [1.165, 1.54) is 0 Å². The molecule has 0 bridgehead atoms. The molecule has 0 radical (unpaired) electrons. The van der Waals surface area contributed by atoms with Crippen LogP contribution in [-0.4, -0.2) is 36.1 Å². The molecule has 134 valence electrons. The molecule has 3 nitrogen and oxygen atoms in total. The van der Waals surface area contributed by atoms with Crippen molar-refractivity contribution >= 4 is 34.1 Å². The van der Waals surface area contributed by atoms with Crippen LogP contribution in [-0.2, 0) is 0 Å². The van der Waals surface area contributed by atoms with Crippen molar-refractivity contribution in [1.82, 2.24) is 15.2 Å². The first-order chi connectivity index (χ1) is 12.7. The van der Waals surface area contributed by atoms with E-state index in [2.05, 4.69) is 40.5 Å². The molecule has 26 heavy (non-hydrogen) atoms. The van der Waals surface area contributed by atoms with Gasteiger partial charge in [0.1, 0.15) is 0 Å². The maximum atomic E-state index is 6.33. The predicted molar refractivity (Wildman–Crippen MR) is 109 cm³/mol. The van der Waals surface area contributed by atoms with Gasteiger partial charge in [-0.1, -0.05) is 53.5 Å². The van der Waals surface area contributed by atoms with Crippen molar-refractivity contribution in [1.29, 1.82) is 0 Å². The van der Waals surface area contributed by atoms with Gasteiger partial charge < -0.3 is 5.32 Å². The lowest BCUT2D eigenvalue weighted by atomic mass is 10.00. The molecule has 4 rings (SSSR count). The van der Waals surface area contributed by atoms with E-state index in [0.29, 0.717) is 10.0 Å². The Balaban J connectivity index is 1.81. The van der Waals surface area contributed by atoms with Gasteiger partial charge in [0.2, 0.25) is 0 Å². The van der Waals surface area contributed by atoms with Gasteiger partial charge in [-0.15, -0.1) is 0 Å². The average Bonchev–Trinajstić information content (AvgIpc) is 2.94. The molecule has 1 aliphatic heterocycles. The van der Waals surface area contributed by atoms with Crippen LogP contribution in [0.5, 0.6) is 0 Å². The highest BCUT2D eigenvalue weighted by molar-refractivity contribution is 6.42. The molecule has 1 unspecified atom stereocenters. The van der Waals surface area contributed by atoms with Crippen LogP contribution < -0.4 is 5.32 Å². The van der Waals surface area contributed by atoms with Crippen molar-refractivity contribution in [2.45, 2.75) is 12.5 Å². The number of rotatable bonds is 3. The zero-order valence-corrected chi connectivity index (χ0v) is 16.0. The van der Waals surface area contributed by atoms with Gasteiger partial charge in [-0.25, -0.2) is 0 Å². The summed E-state index contributed by atoms with van der Waals surface area (Å²) < 4.78 is 0. The Morgan fingerprint density at radius 1 is 0.923 bits per heavy atom. The molecular weight excluding hydrogens is 365 g/mol. The number of nitrogens with one attached hydrogen (secondary N) is 1. The minimum absolute atomic E-state index is 0.0641. The molecule has 3 aromatic rings. The highest BCUT2D eigenvalue weighted by Gasteiger charge is 2.25. The van der Waals surface area contributed by atoms with Gasteiger partial charge in [0.15, 0.2) is 0 Å². The summed E-state index contributed by atoms with van der Waals surface area (Å²) in [5.74, 6) is 0. The third-order valence-electron chi connectivity index (χ3n) is 4.90. The molecule has 1 aromatic heterocycles. The van der Waals surface area contributed by atoms with Crippen LogP contribution >= 0.6 is 23.2 Å². The van der Waals surface area contributed by atoms with Crippen LogP contribution in [0.3, 0.4) is 0 Å². The fourth-order valence-electron chi connectivity index (χ4n) is 3.61. The Labute approximate surface area is 163 Å². The molecule has 0 saturated carbocycles. The summed E-state index contributed by atoms with van der Waals surface area (Å²) in [6, 6.07) is 18.5. The Hall–Kier alpha value is -1.65. The van der Waals surface area contributed by atoms with Gasteiger partial charge in [-0.2, -0.15) is 0 Å². The standard InChI is InChI=1S/C21H21Cl2N3/c22-17-8-6-16(14-18(17)23)21(26-12-3-10-24-11-13-26)20-9-7-15-4-1-2-5-19(15)25-20/h1-2,4-9,14,21,24H,3,10-13H2. The van der Waals surface area contributed by atoms with Crippen LogP contribution in [0.4, 0.5) is 0 Å². The topological polar surface area (TPSA) is 28.2 Å². The molecule has 1 atom stereocenters. The second-order valence-electron chi connectivity index (χ2n) is 6.64. The highest BCUT2D eigenvalue weighted by atomic mass is 35.5. The van der Waals surface area contributed by atoms with Crippen molar-refractivity contribution in [2.24, 2.45) is 0 Å². The van der Waals surface area contributed by atoms with E-state index in [0.717, 1.165) is 54.8 Å². The Morgan fingerprint density at radius 2 is 1.81 bits per heavy atom. The van der Waals surface area contributed by atoms with Gasteiger partial charge >= 0.3 is 0 Å².